The highest BCUT2D eigenvalue weighted by atomic mass is 35.5. The Morgan fingerprint density at radius 3 is 2.18 bits per heavy atom. The third kappa shape index (κ3) is 5.04. The van der Waals surface area contributed by atoms with Crippen molar-refractivity contribution < 1.29 is 4.48 Å². The van der Waals surface area contributed by atoms with Crippen molar-refractivity contribution >= 4 is 17.3 Å². The van der Waals surface area contributed by atoms with Crippen LogP contribution in [0.5, 0.6) is 0 Å². The lowest BCUT2D eigenvalue weighted by molar-refractivity contribution is -0.887. The first kappa shape index (κ1) is 16.9. The van der Waals surface area contributed by atoms with Crippen LogP contribution in [-0.2, 0) is 6.54 Å². The van der Waals surface area contributed by atoms with Gasteiger partial charge in [-0.25, -0.2) is 0 Å². The molecule has 0 aliphatic heterocycles. The molecule has 2 rings (SSSR count). The molecule has 0 saturated heterocycles. The molecule has 0 bridgehead atoms. The molecule has 2 aromatic rings. The zero-order chi connectivity index (χ0) is 16.0. The molecule has 0 N–H and O–H groups in total. The number of hydrogen-bond donors (Lipinski definition) is 0. The van der Waals surface area contributed by atoms with Crippen LogP contribution in [0.25, 0.3) is 0 Å². The summed E-state index contributed by atoms with van der Waals surface area (Å²) in [6.45, 7) is 6.45. The standard InChI is InChI=1S/C19H26ClN2/c1-4-22(2,3)15-14-21(19-8-6-5-7-9-19)16-17-10-12-18(20)13-11-17/h5-13H,4,14-16H2,1-3H3/q+1. The molecule has 0 aliphatic carbocycles. The largest absolute Gasteiger partial charge is 0.362 e. The van der Waals surface area contributed by atoms with Crippen LogP contribution in [0.3, 0.4) is 0 Å². The third-order valence-electron chi connectivity index (χ3n) is 4.24. The van der Waals surface area contributed by atoms with Gasteiger partial charge in [-0.15, -0.1) is 0 Å². The fourth-order valence-corrected chi connectivity index (χ4v) is 2.42. The van der Waals surface area contributed by atoms with Crippen molar-refractivity contribution in [1.29, 1.82) is 0 Å². The molecule has 2 aromatic carbocycles. The number of likely N-dealkylation sites (N-methyl/N-ethyl adjacent to an activating group) is 1. The van der Waals surface area contributed by atoms with E-state index in [-0.39, 0.29) is 0 Å². The maximum atomic E-state index is 5.99. The minimum Gasteiger partial charge on any atom is -0.362 e. The zero-order valence-electron chi connectivity index (χ0n) is 13.8. The van der Waals surface area contributed by atoms with E-state index in [1.165, 1.54) is 11.3 Å². The summed E-state index contributed by atoms with van der Waals surface area (Å²) in [5, 5.41) is 0.791. The highest BCUT2D eigenvalue weighted by Gasteiger charge is 2.15. The van der Waals surface area contributed by atoms with Gasteiger partial charge in [-0.1, -0.05) is 41.9 Å². The highest BCUT2D eigenvalue weighted by Crippen LogP contribution is 2.18. The average molecular weight is 318 g/mol. The Kier molecular flexibility index (Phi) is 5.87. The molecule has 0 radical (unpaired) electrons. The van der Waals surface area contributed by atoms with Crippen LogP contribution in [0.1, 0.15) is 12.5 Å². The number of quaternary nitrogens is 1. The van der Waals surface area contributed by atoms with E-state index < -0.39 is 0 Å². The van der Waals surface area contributed by atoms with Crippen LogP contribution in [0.4, 0.5) is 5.69 Å². The smallest absolute Gasteiger partial charge is 0.0960 e. The van der Waals surface area contributed by atoms with E-state index in [0.717, 1.165) is 35.7 Å². The van der Waals surface area contributed by atoms with Crippen molar-refractivity contribution in [2.75, 3.05) is 38.6 Å². The molecule has 0 saturated carbocycles. The number of rotatable bonds is 7. The lowest BCUT2D eigenvalue weighted by Gasteiger charge is -2.32. The van der Waals surface area contributed by atoms with Crippen molar-refractivity contribution in [2.24, 2.45) is 0 Å². The summed E-state index contributed by atoms with van der Waals surface area (Å²) in [7, 11) is 4.57. The van der Waals surface area contributed by atoms with Gasteiger partial charge in [-0.05, 0) is 36.8 Å². The molecule has 0 heterocycles. The second-order valence-electron chi connectivity index (χ2n) is 6.36. The molecule has 0 aliphatic rings. The van der Waals surface area contributed by atoms with E-state index >= 15 is 0 Å². The van der Waals surface area contributed by atoms with Gasteiger partial charge < -0.3 is 9.38 Å². The van der Waals surface area contributed by atoms with E-state index in [0.29, 0.717) is 0 Å². The monoisotopic (exact) mass is 317 g/mol. The highest BCUT2D eigenvalue weighted by molar-refractivity contribution is 6.30. The van der Waals surface area contributed by atoms with Crippen LogP contribution in [-0.4, -0.2) is 38.2 Å². The van der Waals surface area contributed by atoms with Gasteiger partial charge in [0.25, 0.3) is 0 Å². The van der Waals surface area contributed by atoms with Gasteiger partial charge in [0.2, 0.25) is 0 Å². The first-order valence-corrected chi connectivity index (χ1v) is 8.24. The quantitative estimate of drug-likeness (QED) is 0.682. The summed E-state index contributed by atoms with van der Waals surface area (Å²) in [5.74, 6) is 0. The van der Waals surface area contributed by atoms with Gasteiger partial charge in [-0.2, -0.15) is 0 Å². The Labute approximate surface area is 139 Å². The maximum Gasteiger partial charge on any atom is 0.0960 e. The molecule has 3 heteroatoms. The van der Waals surface area contributed by atoms with Gasteiger partial charge in [-0.3, -0.25) is 0 Å². The Hall–Kier alpha value is -1.51. The van der Waals surface area contributed by atoms with Crippen LogP contribution in [0.2, 0.25) is 5.02 Å². The number of para-hydroxylation sites is 1. The second-order valence-corrected chi connectivity index (χ2v) is 6.80. The van der Waals surface area contributed by atoms with Crippen LogP contribution in [0, 0.1) is 0 Å². The normalized spacial score (nSPS) is 11.5. The van der Waals surface area contributed by atoms with Crippen LogP contribution >= 0.6 is 11.6 Å². The van der Waals surface area contributed by atoms with E-state index in [4.69, 9.17) is 11.6 Å². The van der Waals surface area contributed by atoms with Gasteiger partial charge >= 0.3 is 0 Å². The molecule has 0 aromatic heterocycles. The lowest BCUT2D eigenvalue weighted by atomic mass is 10.2. The van der Waals surface area contributed by atoms with E-state index in [1.807, 2.05) is 12.1 Å². The van der Waals surface area contributed by atoms with Gasteiger partial charge in [0.1, 0.15) is 0 Å². The summed E-state index contributed by atoms with van der Waals surface area (Å²) in [4.78, 5) is 2.44. The first-order valence-electron chi connectivity index (χ1n) is 7.86. The number of hydrogen-bond acceptors (Lipinski definition) is 1. The van der Waals surface area contributed by atoms with Crippen molar-refractivity contribution in [2.45, 2.75) is 13.5 Å². The summed E-state index contributed by atoms with van der Waals surface area (Å²) in [6, 6.07) is 18.8. The first-order chi connectivity index (χ1) is 10.5. The summed E-state index contributed by atoms with van der Waals surface area (Å²) in [6.07, 6.45) is 0. The lowest BCUT2D eigenvalue weighted by Crippen LogP contribution is -2.45. The van der Waals surface area contributed by atoms with Crippen molar-refractivity contribution in [3.8, 4) is 0 Å². The SMILES string of the molecule is CC[N+](C)(C)CCN(Cc1ccc(Cl)cc1)c1ccccc1. The van der Waals surface area contributed by atoms with Crippen LogP contribution < -0.4 is 4.90 Å². The predicted molar refractivity (Wildman–Crippen MR) is 96.5 cm³/mol. The zero-order valence-corrected chi connectivity index (χ0v) is 14.6. The van der Waals surface area contributed by atoms with Crippen molar-refractivity contribution in [3.05, 3.63) is 65.2 Å². The van der Waals surface area contributed by atoms with Crippen molar-refractivity contribution in [3.63, 3.8) is 0 Å². The molecule has 118 valence electrons. The molecule has 0 atom stereocenters. The van der Waals surface area contributed by atoms with E-state index in [1.54, 1.807) is 0 Å². The molecule has 2 nitrogen and oxygen atoms in total. The van der Waals surface area contributed by atoms with Gasteiger partial charge in [0, 0.05) is 17.3 Å². The average Bonchev–Trinajstić information content (AvgIpc) is 2.54. The maximum absolute atomic E-state index is 5.99. The Morgan fingerprint density at radius 1 is 0.955 bits per heavy atom. The van der Waals surface area contributed by atoms with Gasteiger partial charge in [0.05, 0.1) is 33.7 Å². The third-order valence-corrected chi connectivity index (χ3v) is 4.49. The van der Waals surface area contributed by atoms with Crippen molar-refractivity contribution in [1.82, 2.24) is 0 Å². The second kappa shape index (κ2) is 7.66. The fourth-order valence-electron chi connectivity index (χ4n) is 2.30. The van der Waals surface area contributed by atoms with Gasteiger partial charge in [0.15, 0.2) is 0 Å². The minimum absolute atomic E-state index is 0.791. The number of halogens is 1. The number of anilines is 1. The molecule has 0 amide bonds. The molecular weight excluding hydrogens is 292 g/mol. The minimum atomic E-state index is 0.791. The topological polar surface area (TPSA) is 3.24 Å². The molecule has 0 fully saturated rings. The summed E-state index contributed by atoms with van der Waals surface area (Å²) in [5.41, 5.74) is 2.56. The predicted octanol–water partition coefficient (Wildman–Crippen LogP) is 4.44. The Morgan fingerprint density at radius 2 is 1.59 bits per heavy atom. The number of benzene rings is 2. The molecule has 22 heavy (non-hydrogen) atoms. The van der Waals surface area contributed by atoms with Crippen LogP contribution in [0.15, 0.2) is 54.6 Å². The molecular formula is C19H26ClN2+. The Bertz CT molecular complexity index is 564. The Balaban J connectivity index is 2.13. The summed E-state index contributed by atoms with van der Waals surface area (Å²) >= 11 is 5.99. The van der Waals surface area contributed by atoms with E-state index in [2.05, 4.69) is 68.4 Å². The molecule has 0 unspecified atom stereocenters. The van der Waals surface area contributed by atoms with E-state index in [9.17, 15) is 0 Å². The molecule has 0 spiro atoms. The fraction of sp³-hybridized carbons (Fsp3) is 0.368. The number of nitrogens with zero attached hydrogens (tertiary/aromatic N) is 2. The summed E-state index contributed by atoms with van der Waals surface area (Å²) < 4.78 is 1.03.